The van der Waals surface area contributed by atoms with E-state index in [0.717, 1.165) is 43.2 Å². The number of nitrogens with zero attached hydrogens (tertiary/aromatic N) is 3. The predicted octanol–water partition coefficient (Wildman–Crippen LogP) is 4.03. The molecule has 1 N–H and O–H groups in total. The van der Waals surface area contributed by atoms with Crippen molar-refractivity contribution in [1.82, 2.24) is 4.90 Å². The highest BCUT2D eigenvalue weighted by Gasteiger charge is 2.42. The Morgan fingerprint density at radius 1 is 1.26 bits per heavy atom. The predicted molar refractivity (Wildman–Crippen MR) is 141 cm³/mol. The Morgan fingerprint density at radius 2 is 2.06 bits per heavy atom. The van der Waals surface area contributed by atoms with Crippen LogP contribution in [0.2, 0.25) is 0 Å². The lowest BCUT2D eigenvalue weighted by atomic mass is 10.1. The Bertz CT molecular complexity index is 1140. The third kappa shape index (κ3) is 5.82. The summed E-state index contributed by atoms with van der Waals surface area (Å²) in [6, 6.07) is 3.79. The molecule has 1 atom stereocenters. The Hall–Kier alpha value is -1.73. The maximum atomic E-state index is 12.5. The van der Waals surface area contributed by atoms with Crippen molar-refractivity contribution >= 4 is 55.4 Å². The van der Waals surface area contributed by atoms with E-state index in [9.17, 15) is 13.2 Å². The van der Waals surface area contributed by atoms with Gasteiger partial charge in [-0.1, -0.05) is 6.08 Å². The molecule has 2 saturated heterocycles. The fourth-order valence-corrected chi connectivity index (χ4v) is 6.66. The van der Waals surface area contributed by atoms with Crippen molar-refractivity contribution in [2.75, 3.05) is 54.9 Å². The summed E-state index contributed by atoms with van der Waals surface area (Å²) in [6.07, 6.45) is 5.64. The quantitative estimate of drug-likeness (QED) is 0.259. The van der Waals surface area contributed by atoms with E-state index in [1.807, 2.05) is 23.9 Å². The normalized spacial score (nSPS) is 21.8. The summed E-state index contributed by atoms with van der Waals surface area (Å²) < 4.78 is 41.3. The molecular formula is C23H30BrN3O6S2. The van der Waals surface area contributed by atoms with Gasteiger partial charge in [0, 0.05) is 36.4 Å². The van der Waals surface area contributed by atoms with Crippen molar-refractivity contribution in [2.45, 2.75) is 32.9 Å². The molecule has 3 aliphatic rings. The minimum atomic E-state index is -4.49. The highest BCUT2D eigenvalue weighted by Crippen LogP contribution is 2.48. The van der Waals surface area contributed by atoms with E-state index in [1.54, 1.807) is 6.92 Å². The first-order chi connectivity index (χ1) is 16.7. The molecule has 3 heterocycles. The zero-order valence-corrected chi connectivity index (χ0v) is 23.0. The van der Waals surface area contributed by atoms with E-state index >= 15 is 0 Å². The van der Waals surface area contributed by atoms with Crippen molar-refractivity contribution in [3.8, 4) is 0 Å². The Morgan fingerprint density at radius 3 is 2.77 bits per heavy atom. The van der Waals surface area contributed by atoms with Crippen molar-refractivity contribution in [3.05, 3.63) is 44.9 Å². The third-order valence-corrected chi connectivity index (χ3v) is 8.46. The van der Waals surface area contributed by atoms with Gasteiger partial charge in [0.1, 0.15) is 6.17 Å². The molecule has 2 fully saturated rings. The maximum Gasteiger partial charge on any atom is 0.397 e. The Balaban J connectivity index is 1.65. The molecule has 1 aromatic carbocycles. The largest absolute Gasteiger partial charge is 0.462 e. The lowest BCUT2D eigenvalue weighted by Crippen LogP contribution is -2.40. The molecule has 35 heavy (non-hydrogen) atoms. The SMILES string of the molecule is CCOC(=O)c1cc2c(cc1Br)N1CCC(=CC=C3SCCN3CC)C1N2CCCOS(=O)(=O)O. The number of ether oxygens (including phenoxy) is 1. The molecule has 0 aromatic heterocycles. The number of carbonyl (C=O) groups is 1. The number of benzene rings is 1. The molecule has 0 radical (unpaired) electrons. The van der Waals surface area contributed by atoms with Crippen LogP contribution in [-0.4, -0.2) is 75.2 Å². The van der Waals surface area contributed by atoms with Crippen LogP contribution in [0.4, 0.5) is 11.4 Å². The van der Waals surface area contributed by atoms with Gasteiger partial charge in [-0.3, -0.25) is 4.55 Å². The second-order valence-corrected chi connectivity index (χ2v) is 11.4. The summed E-state index contributed by atoms with van der Waals surface area (Å²) in [5.41, 5.74) is 3.59. The maximum absolute atomic E-state index is 12.5. The monoisotopic (exact) mass is 587 g/mol. The first kappa shape index (κ1) is 26.3. The summed E-state index contributed by atoms with van der Waals surface area (Å²) in [6.45, 7) is 7.43. The molecule has 0 aliphatic carbocycles. The van der Waals surface area contributed by atoms with Crippen LogP contribution in [-0.2, 0) is 19.3 Å². The van der Waals surface area contributed by atoms with Crippen molar-refractivity contribution in [1.29, 1.82) is 0 Å². The number of hydrogen-bond acceptors (Lipinski definition) is 9. The highest BCUT2D eigenvalue weighted by atomic mass is 79.9. The molecule has 3 aliphatic heterocycles. The molecule has 12 heteroatoms. The van der Waals surface area contributed by atoms with Crippen LogP contribution in [0, 0.1) is 0 Å². The fraction of sp³-hybridized carbons (Fsp3) is 0.522. The number of halogens is 1. The van der Waals surface area contributed by atoms with Crippen LogP contribution in [0.25, 0.3) is 0 Å². The number of fused-ring (bicyclic) bond motifs is 3. The van der Waals surface area contributed by atoms with Crippen LogP contribution >= 0.6 is 27.7 Å². The molecule has 0 spiro atoms. The lowest BCUT2D eigenvalue weighted by Gasteiger charge is -2.28. The topological polar surface area (TPSA) is 99.6 Å². The van der Waals surface area contributed by atoms with E-state index < -0.39 is 16.4 Å². The zero-order chi connectivity index (χ0) is 25.2. The third-order valence-electron chi connectivity index (χ3n) is 6.26. The van der Waals surface area contributed by atoms with E-state index in [-0.39, 0.29) is 19.4 Å². The van der Waals surface area contributed by atoms with Gasteiger partial charge >= 0.3 is 16.4 Å². The molecule has 1 aromatic rings. The van der Waals surface area contributed by atoms with Gasteiger partial charge in [0.15, 0.2) is 0 Å². The van der Waals surface area contributed by atoms with Gasteiger partial charge in [0.25, 0.3) is 0 Å². The summed E-state index contributed by atoms with van der Waals surface area (Å²) in [5, 5.41) is 1.27. The number of esters is 1. The molecule has 1 unspecified atom stereocenters. The Kier molecular flexibility index (Phi) is 8.37. The van der Waals surface area contributed by atoms with Crippen LogP contribution in [0.15, 0.2) is 39.4 Å². The van der Waals surface area contributed by atoms with Gasteiger partial charge in [-0.2, -0.15) is 8.42 Å². The number of rotatable bonds is 9. The lowest BCUT2D eigenvalue weighted by molar-refractivity contribution is 0.0525. The Labute approximate surface area is 219 Å². The number of allylic oxidation sites excluding steroid dienone is 2. The molecule has 0 amide bonds. The van der Waals surface area contributed by atoms with Crippen molar-refractivity contribution < 1.29 is 26.7 Å². The van der Waals surface area contributed by atoms with Crippen molar-refractivity contribution in [2.24, 2.45) is 0 Å². The van der Waals surface area contributed by atoms with Gasteiger partial charge in [-0.15, -0.1) is 11.8 Å². The van der Waals surface area contributed by atoms with Crippen LogP contribution < -0.4 is 9.80 Å². The minimum absolute atomic E-state index is 0.0431. The molecule has 0 saturated carbocycles. The van der Waals surface area contributed by atoms with Gasteiger partial charge in [-0.25, -0.2) is 8.98 Å². The second kappa shape index (κ2) is 11.1. The number of hydrogen-bond donors (Lipinski definition) is 1. The first-order valence-corrected chi connectivity index (χ1v) is 14.8. The van der Waals surface area contributed by atoms with Crippen LogP contribution in [0.5, 0.6) is 0 Å². The molecular weight excluding hydrogens is 558 g/mol. The summed E-state index contributed by atoms with van der Waals surface area (Å²) in [4.78, 5) is 19.4. The molecule has 0 bridgehead atoms. The standard InChI is InChI=1S/C23H30BrN3O6S2/c1-3-25-11-13-34-21(25)7-6-16-8-10-27-20-15-18(24)17(23(28)32-4-2)14-19(20)26(22(16)27)9-5-12-33-35(29,30)31/h6-7,14-15,22H,3-5,8-13H2,1-2H3,(H,29,30,31). The van der Waals surface area contributed by atoms with Gasteiger partial charge < -0.3 is 19.4 Å². The van der Waals surface area contributed by atoms with E-state index in [0.29, 0.717) is 23.0 Å². The summed E-state index contributed by atoms with van der Waals surface area (Å²) >= 11 is 5.40. The second-order valence-electron chi connectivity index (χ2n) is 8.33. The smallest absolute Gasteiger partial charge is 0.397 e. The average Bonchev–Trinajstić information content (AvgIpc) is 3.50. The van der Waals surface area contributed by atoms with Gasteiger partial charge in [0.05, 0.1) is 35.2 Å². The fourth-order valence-electron chi connectivity index (χ4n) is 4.75. The van der Waals surface area contributed by atoms with E-state index in [4.69, 9.17) is 9.29 Å². The molecule has 4 rings (SSSR count). The number of carbonyl (C=O) groups excluding carboxylic acids is 1. The van der Waals surface area contributed by atoms with Crippen LogP contribution in [0.3, 0.4) is 0 Å². The molecule has 192 valence electrons. The number of thioether (sulfide) groups is 1. The van der Waals surface area contributed by atoms with Crippen molar-refractivity contribution in [3.63, 3.8) is 0 Å². The summed E-state index contributed by atoms with van der Waals surface area (Å²) in [7, 11) is -4.49. The minimum Gasteiger partial charge on any atom is -0.462 e. The van der Waals surface area contributed by atoms with E-state index in [1.165, 1.54) is 10.6 Å². The van der Waals surface area contributed by atoms with Gasteiger partial charge in [-0.05, 0) is 66.4 Å². The molecule has 9 nitrogen and oxygen atoms in total. The zero-order valence-electron chi connectivity index (χ0n) is 19.8. The highest BCUT2D eigenvalue weighted by molar-refractivity contribution is 9.10. The summed E-state index contributed by atoms with van der Waals surface area (Å²) in [5.74, 6) is 0.691. The van der Waals surface area contributed by atoms with Gasteiger partial charge in [0.2, 0.25) is 0 Å². The van der Waals surface area contributed by atoms with Crippen LogP contribution in [0.1, 0.15) is 37.0 Å². The first-order valence-electron chi connectivity index (χ1n) is 11.7. The average molecular weight is 589 g/mol. The van der Waals surface area contributed by atoms with E-state index in [2.05, 4.69) is 53.9 Å². The number of anilines is 2.